The molecular weight excluding hydrogens is 414 g/mol. The van der Waals surface area contributed by atoms with Crippen LogP contribution in [0.25, 0.3) is 11.0 Å². The van der Waals surface area contributed by atoms with Crippen LogP contribution in [0.5, 0.6) is 0 Å². The van der Waals surface area contributed by atoms with Gasteiger partial charge in [-0.25, -0.2) is 4.98 Å². The number of ether oxygens (including phenoxy) is 1. The molecule has 174 valence electrons. The maximum absolute atomic E-state index is 14.0. The number of aromatic amines is 1. The van der Waals surface area contributed by atoms with Gasteiger partial charge in [-0.1, -0.05) is 29.8 Å². The molecule has 1 atom stereocenters. The Morgan fingerprint density at radius 2 is 2.06 bits per heavy atom. The Bertz CT molecular complexity index is 1150. The molecule has 0 spiro atoms. The summed E-state index contributed by atoms with van der Waals surface area (Å²) >= 11 is 0. The van der Waals surface area contributed by atoms with Crippen LogP contribution in [0.1, 0.15) is 55.8 Å². The molecule has 7 nitrogen and oxygen atoms in total. The average molecular weight is 448 g/mol. The molecule has 2 aromatic heterocycles. The standard InChI is InChI=1S/C26H33N5O2/c1-17(2)27-23-21-7-8-22(28-24(21)30-29-23)19-9-12-31(16-19)25(32)26(10-13-33-14-11-26)20-6-4-5-18(3)15-20/h4-8,15,17,19H,9-14,16H2,1-3H3,(H2,27,28,29,30)/t19-/m0/s1. The van der Waals surface area contributed by atoms with E-state index in [1.54, 1.807) is 0 Å². The van der Waals surface area contributed by atoms with Crippen LogP contribution in [-0.2, 0) is 14.9 Å². The van der Waals surface area contributed by atoms with Gasteiger partial charge in [-0.15, -0.1) is 0 Å². The first kappa shape index (κ1) is 21.9. The molecule has 0 saturated carbocycles. The first-order valence-electron chi connectivity index (χ1n) is 12.0. The number of nitrogens with zero attached hydrogens (tertiary/aromatic N) is 3. The molecule has 0 radical (unpaired) electrons. The zero-order valence-electron chi connectivity index (χ0n) is 19.7. The van der Waals surface area contributed by atoms with Crippen LogP contribution in [-0.4, -0.2) is 58.3 Å². The van der Waals surface area contributed by atoms with Crippen LogP contribution >= 0.6 is 0 Å². The fraction of sp³-hybridized carbons (Fsp3) is 0.500. The monoisotopic (exact) mass is 447 g/mol. The van der Waals surface area contributed by atoms with Gasteiger partial charge in [-0.3, -0.25) is 9.89 Å². The first-order chi connectivity index (χ1) is 16.0. The van der Waals surface area contributed by atoms with Crippen molar-refractivity contribution in [2.24, 2.45) is 0 Å². The summed E-state index contributed by atoms with van der Waals surface area (Å²) in [4.78, 5) is 20.9. The van der Waals surface area contributed by atoms with E-state index < -0.39 is 5.41 Å². The number of aryl methyl sites for hydroxylation is 1. The number of H-pyrrole nitrogens is 1. The molecule has 0 bridgehead atoms. The summed E-state index contributed by atoms with van der Waals surface area (Å²) in [5.74, 6) is 1.31. The first-order valence-corrected chi connectivity index (χ1v) is 12.0. The third kappa shape index (κ3) is 4.10. The van der Waals surface area contributed by atoms with Crippen LogP contribution in [0.2, 0.25) is 0 Å². The van der Waals surface area contributed by atoms with Gasteiger partial charge < -0.3 is 15.0 Å². The molecule has 2 saturated heterocycles. The van der Waals surface area contributed by atoms with Gasteiger partial charge in [0.05, 0.1) is 10.8 Å². The Balaban J connectivity index is 1.37. The second kappa shape index (κ2) is 8.78. The molecular formula is C26H33N5O2. The molecule has 5 rings (SSSR count). The minimum Gasteiger partial charge on any atom is -0.381 e. The summed E-state index contributed by atoms with van der Waals surface area (Å²) in [5, 5.41) is 11.8. The van der Waals surface area contributed by atoms with Crippen molar-refractivity contribution in [1.29, 1.82) is 0 Å². The molecule has 2 fully saturated rings. The number of anilines is 1. The quantitative estimate of drug-likeness (QED) is 0.614. The van der Waals surface area contributed by atoms with Crippen molar-refractivity contribution in [2.75, 3.05) is 31.6 Å². The normalized spacial score (nSPS) is 20.5. The Labute approximate surface area is 194 Å². The molecule has 0 unspecified atom stereocenters. The number of carbonyl (C=O) groups excluding carboxylic acids is 1. The fourth-order valence-corrected chi connectivity index (χ4v) is 5.31. The fourth-order valence-electron chi connectivity index (χ4n) is 5.31. The molecule has 3 aromatic rings. The summed E-state index contributed by atoms with van der Waals surface area (Å²) in [6, 6.07) is 12.9. The number of amides is 1. The van der Waals surface area contributed by atoms with E-state index in [4.69, 9.17) is 9.72 Å². The summed E-state index contributed by atoms with van der Waals surface area (Å²) in [5.41, 5.74) is 3.64. The van der Waals surface area contributed by atoms with Crippen LogP contribution in [0.3, 0.4) is 0 Å². The number of benzene rings is 1. The van der Waals surface area contributed by atoms with Crippen molar-refractivity contribution < 1.29 is 9.53 Å². The van der Waals surface area contributed by atoms with E-state index in [0.717, 1.165) is 53.9 Å². The topological polar surface area (TPSA) is 83.1 Å². The number of carbonyl (C=O) groups is 1. The molecule has 2 aliphatic rings. The van der Waals surface area contributed by atoms with E-state index in [0.29, 0.717) is 25.8 Å². The number of nitrogens with one attached hydrogen (secondary N) is 2. The number of likely N-dealkylation sites (tertiary alicyclic amines) is 1. The van der Waals surface area contributed by atoms with Gasteiger partial charge in [0.2, 0.25) is 5.91 Å². The molecule has 4 heterocycles. The van der Waals surface area contributed by atoms with E-state index in [-0.39, 0.29) is 11.8 Å². The van der Waals surface area contributed by atoms with Crippen molar-refractivity contribution in [3.63, 3.8) is 0 Å². The smallest absolute Gasteiger partial charge is 0.233 e. The average Bonchev–Trinajstić information content (AvgIpc) is 3.46. The van der Waals surface area contributed by atoms with Crippen LogP contribution in [0.4, 0.5) is 5.82 Å². The van der Waals surface area contributed by atoms with Crippen molar-refractivity contribution in [3.8, 4) is 0 Å². The maximum Gasteiger partial charge on any atom is 0.233 e. The molecule has 2 aliphatic heterocycles. The Kier molecular flexibility index (Phi) is 5.83. The summed E-state index contributed by atoms with van der Waals surface area (Å²) < 4.78 is 5.65. The molecule has 1 aromatic carbocycles. The van der Waals surface area contributed by atoms with Gasteiger partial charge in [0, 0.05) is 44.0 Å². The van der Waals surface area contributed by atoms with Crippen molar-refractivity contribution in [2.45, 2.75) is 57.4 Å². The van der Waals surface area contributed by atoms with E-state index in [9.17, 15) is 4.79 Å². The zero-order valence-corrected chi connectivity index (χ0v) is 19.7. The van der Waals surface area contributed by atoms with E-state index in [1.807, 2.05) is 0 Å². The van der Waals surface area contributed by atoms with Crippen molar-refractivity contribution >= 4 is 22.8 Å². The third-order valence-corrected chi connectivity index (χ3v) is 7.09. The Morgan fingerprint density at radius 1 is 1.24 bits per heavy atom. The van der Waals surface area contributed by atoms with Gasteiger partial charge in [0.15, 0.2) is 11.5 Å². The number of aromatic nitrogens is 3. The minimum absolute atomic E-state index is 0.234. The lowest BCUT2D eigenvalue weighted by Crippen LogP contribution is -2.49. The zero-order chi connectivity index (χ0) is 23.0. The highest BCUT2D eigenvalue weighted by atomic mass is 16.5. The van der Waals surface area contributed by atoms with Crippen LogP contribution in [0, 0.1) is 6.92 Å². The molecule has 7 heteroatoms. The predicted octanol–water partition coefficient (Wildman–Crippen LogP) is 4.15. The Hall–Kier alpha value is -2.93. The van der Waals surface area contributed by atoms with E-state index in [2.05, 4.69) is 77.6 Å². The SMILES string of the molecule is Cc1cccc(C2(C(=O)N3CC[C@H](c4ccc5c(NC(C)C)n[nH]c5n4)C3)CCOCC2)c1. The van der Waals surface area contributed by atoms with Crippen molar-refractivity contribution in [1.82, 2.24) is 20.1 Å². The number of hydrogen-bond acceptors (Lipinski definition) is 5. The highest BCUT2D eigenvalue weighted by Gasteiger charge is 2.45. The van der Waals surface area contributed by atoms with Gasteiger partial charge in [0.25, 0.3) is 0 Å². The van der Waals surface area contributed by atoms with Crippen molar-refractivity contribution in [3.05, 3.63) is 53.2 Å². The molecule has 33 heavy (non-hydrogen) atoms. The lowest BCUT2D eigenvalue weighted by atomic mass is 9.72. The van der Waals surface area contributed by atoms with Gasteiger partial charge in [-0.2, -0.15) is 5.10 Å². The lowest BCUT2D eigenvalue weighted by molar-refractivity contribution is -0.140. The largest absolute Gasteiger partial charge is 0.381 e. The Morgan fingerprint density at radius 3 is 2.82 bits per heavy atom. The van der Waals surface area contributed by atoms with Gasteiger partial charge in [0.1, 0.15) is 0 Å². The summed E-state index contributed by atoms with van der Waals surface area (Å²) in [7, 11) is 0. The minimum atomic E-state index is -0.489. The predicted molar refractivity (Wildman–Crippen MR) is 129 cm³/mol. The molecule has 2 N–H and O–H groups in total. The highest BCUT2D eigenvalue weighted by molar-refractivity contribution is 5.89. The number of fused-ring (bicyclic) bond motifs is 1. The second-order valence-corrected chi connectivity index (χ2v) is 9.80. The van der Waals surface area contributed by atoms with Gasteiger partial charge >= 0.3 is 0 Å². The maximum atomic E-state index is 14.0. The number of pyridine rings is 1. The second-order valence-electron chi connectivity index (χ2n) is 9.80. The van der Waals surface area contributed by atoms with Gasteiger partial charge in [-0.05, 0) is 57.7 Å². The number of rotatable bonds is 5. The number of hydrogen-bond donors (Lipinski definition) is 2. The third-order valence-electron chi connectivity index (χ3n) is 7.09. The van der Waals surface area contributed by atoms with E-state index in [1.165, 1.54) is 5.56 Å². The summed E-state index contributed by atoms with van der Waals surface area (Å²) in [6.07, 6.45) is 2.40. The van der Waals surface area contributed by atoms with Crippen LogP contribution in [0.15, 0.2) is 36.4 Å². The highest BCUT2D eigenvalue weighted by Crippen LogP contribution is 2.39. The van der Waals surface area contributed by atoms with Crippen LogP contribution < -0.4 is 5.32 Å². The van der Waals surface area contributed by atoms with E-state index >= 15 is 0 Å². The lowest BCUT2D eigenvalue weighted by Gasteiger charge is -2.39. The molecule has 0 aliphatic carbocycles. The molecule has 1 amide bonds. The summed E-state index contributed by atoms with van der Waals surface area (Å²) in [6.45, 7) is 9.00.